The van der Waals surface area contributed by atoms with Crippen molar-refractivity contribution in [3.8, 4) is 17.0 Å². The number of imidazole rings is 1. The van der Waals surface area contributed by atoms with Crippen LogP contribution in [0.2, 0.25) is 0 Å². The Morgan fingerprint density at radius 2 is 2.04 bits per heavy atom. The predicted molar refractivity (Wildman–Crippen MR) is 105 cm³/mol. The van der Waals surface area contributed by atoms with Crippen molar-refractivity contribution in [2.45, 2.75) is 31.7 Å². The number of aryl methyl sites for hydroxylation is 1. The molecule has 1 fully saturated rings. The minimum Gasteiger partial charge on any atom is -0.497 e. The molecular weight excluding hydrogens is 354 g/mol. The summed E-state index contributed by atoms with van der Waals surface area (Å²) < 4.78 is 15.8. The van der Waals surface area contributed by atoms with Crippen molar-refractivity contribution in [1.29, 1.82) is 0 Å². The lowest BCUT2D eigenvalue weighted by Gasteiger charge is -2.35. The number of nitrogens with zero attached hydrogens (tertiary/aromatic N) is 5. The highest BCUT2D eigenvalue weighted by atomic mass is 16.5. The summed E-state index contributed by atoms with van der Waals surface area (Å²) in [7, 11) is 3.65. The molecule has 0 unspecified atom stereocenters. The topological polar surface area (TPSA) is 57.3 Å². The third-order valence-electron chi connectivity index (χ3n) is 5.84. The van der Waals surface area contributed by atoms with E-state index in [2.05, 4.69) is 37.9 Å². The monoisotopic (exact) mass is 379 g/mol. The molecule has 4 heterocycles. The minimum atomic E-state index is -0.142. The van der Waals surface area contributed by atoms with Crippen molar-refractivity contribution in [3.63, 3.8) is 0 Å². The van der Waals surface area contributed by atoms with E-state index in [0.717, 1.165) is 55.4 Å². The first kappa shape index (κ1) is 17.5. The molecule has 3 aromatic rings. The first-order chi connectivity index (χ1) is 13.6. The smallest absolute Gasteiger partial charge is 0.135 e. The number of benzene rings is 1. The number of aromatic nitrogens is 4. The SMILES string of the molecule is COc1ccc(-c2cnc3n2C[C@@]2(CCN(Cc4cnn(C)c4)C2)OC3)cc1. The van der Waals surface area contributed by atoms with Crippen molar-refractivity contribution in [2.24, 2.45) is 7.05 Å². The van der Waals surface area contributed by atoms with Crippen molar-refractivity contribution >= 4 is 0 Å². The third-order valence-corrected chi connectivity index (χ3v) is 5.84. The molecule has 0 N–H and O–H groups in total. The summed E-state index contributed by atoms with van der Waals surface area (Å²) in [5, 5.41) is 4.28. The van der Waals surface area contributed by atoms with Crippen LogP contribution in [-0.2, 0) is 31.5 Å². The Morgan fingerprint density at radius 1 is 1.18 bits per heavy atom. The summed E-state index contributed by atoms with van der Waals surface area (Å²) in [6.45, 7) is 4.30. The van der Waals surface area contributed by atoms with E-state index in [9.17, 15) is 0 Å². The second kappa shape index (κ2) is 6.76. The number of methoxy groups -OCH3 is 1. The first-order valence-electron chi connectivity index (χ1n) is 9.67. The molecule has 2 aliphatic rings. The van der Waals surface area contributed by atoms with Crippen LogP contribution in [0.5, 0.6) is 5.75 Å². The number of likely N-dealkylation sites (tertiary alicyclic amines) is 1. The number of rotatable bonds is 4. The molecule has 1 spiro atoms. The molecule has 0 radical (unpaired) electrons. The fraction of sp³-hybridized carbons (Fsp3) is 0.429. The van der Waals surface area contributed by atoms with E-state index in [0.29, 0.717) is 6.61 Å². The zero-order valence-electron chi connectivity index (χ0n) is 16.3. The van der Waals surface area contributed by atoms with Gasteiger partial charge in [-0.1, -0.05) is 0 Å². The molecule has 2 aliphatic heterocycles. The van der Waals surface area contributed by atoms with Crippen LogP contribution in [0, 0.1) is 0 Å². The lowest BCUT2D eigenvalue weighted by atomic mass is 10.0. The van der Waals surface area contributed by atoms with E-state index in [4.69, 9.17) is 9.47 Å². The van der Waals surface area contributed by atoms with Crippen LogP contribution >= 0.6 is 0 Å². The van der Waals surface area contributed by atoms with Crippen LogP contribution in [0.1, 0.15) is 17.8 Å². The Bertz CT molecular complexity index is 977. The second-order valence-corrected chi connectivity index (χ2v) is 7.83. The van der Waals surface area contributed by atoms with Crippen molar-refractivity contribution in [2.75, 3.05) is 20.2 Å². The quantitative estimate of drug-likeness (QED) is 0.697. The maximum Gasteiger partial charge on any atom is 0.135 e. The molecule has 28 heavy (non-hydrogen) atoms. The minimum absolute atomic E-state index is 0.142. The van der Waals surface area contributed by atoms with Crippen LogP contribution < -0.4 is 4.74 Å². The van der Waals surface area contributed by atoms with E-state index < -0.39 is 0 Å². The van der Waals surface area contributed by atoms with Gasteiger partial charge in [0, 0.05) is 44.0 Å². The van der Waals surface area contributed by atoms with E-state index in [-0.39, 0.29) is 5.60 Å². The normalized spacial score (nSPS) is 21.9. The van der Waals surface area contributed by atoms with E-state index in [1.54, 1.807) is 7.11 Å². The molecule has 146 valence electrons. The zero-order valence-corrected chi connectivity index (χ0v) is 16.3. The van der Waals surface area contributed by atoms with Gasteiger partial charge in [-0.3, -0.25) is 9.58 Å². The van der Waals surface area contributed by atoms with Crippen molar-refractivity contribution in [1.82, 2.24) is 24.2 Å². The van der Waals surface area contributed by atoms with E-state index >= 15 is 0 Å². The maximum atomic E-state index is 6.35. The number of fused-ring (bicyclic) bond motifs is 1. The number of hydrogen-bond donors (Lipinski definition) is 0. The molecule has 0 bridgehead atoms. The highest BCUT2D eigenvalue weighted by Gasteiger charge is 2.43. The molecular formula is C21H25N5O2. The Kier molecular flexibility index (Phi) is 4.21. The van der Waals surface area contributed by atoms with E-state index in [1.165, 1.54) is 5.56 Å². The highest BCUT2D eigenvalue weighted by molar-refractivity contribution is 5.60. The van der Waals surface area contributed by atoms with Gasteiger partial charge in [0.15, 0.2) is 0 Å². The first-order valence-corrected chi connectivity index (χ1v) is 9.67. The molecule has 1 atom stereocenters. The average Bonchev–Trinajstić information content (AvgIpc) is 3.42. The summed E-state index contributed by atoms with van der Waals surface area (Å²) in [6, 6.07) is 8.17. The third kappa shape index (κ3) is 3.10. The van der Waals surface area contributed by atoms with Crippen LogP contribution in [0.4, 0.5) is 0 Å². The Morgan fingerprint density at radius 3 is 2.79 bits per heavy atom. The van der Waals surface area contributed by atoms with Gasteiger partial charge in [-0.05, 0) is 30.7 Å². The number of hydrogen-bond acceptors (Lipinski definition) is 5. The Balaban J connectivity index is 1.35. The second-order valence-electron chi connectivity index (χ2n) is 7.83. The van der Waals surface area contributed by atoms with Gasteiger partial charge in [-0.25, -0.2) is 4.98 Å². The van der Waals surface area contributed by atoms with Crippen LogP contribution in [-0.4, -0.2) is 50.0 Å². The van der Waals surface area contributed by atoms with Crippen LogP contribution in [0.15, 0.2) is 42.9 Å². The lowest BCUT2D eigenvalue weighted by molar-refractivity contribution is -0.0821. The maximum absolute atomic E-state index is 6.35. The fourth-order valence-corrected chi connectivity index (χ4v) is 4.37. The molecule has 0 aliphatic carbocycles. The van der Waals surface area contributed by atoms with Crippen LogP contribution in [0.25, 0.3) is 11.3 Å². The van der Waals surface area contributed by atoms with Crippen LogP contribution in [0.3, 0.4) is 0 Å². The van der Waals surface area contributed by atoms with Gasteiger partial charge in [0.05, 0.1) is 31.7 Å². The average molecular weight is 379 g/mol. The Hall–Kier alpha value is -2.64. The largest absolute Gasteiger partial charge is 0.497 e. The molecule has 5 rings (SSSR count). The van der Waals surface area contributed by atoms with Gasteiger partial charge in [-0.2, -0.15) is 5.10 Å². The summed E-state index contributed by atoms with van der Waals surface area (Å²) in [5.41, 5.74) is 3.40. The molecule has 1 saturated heterocycles. The molecule has 1 aromatic carbocycles. The van der Waals surface area contributed by atoms with Gasteiger partial charge < -0.3 is 14.0 Å². The molecule has 7 nitrogen and oxygen atoms in total. The molecule has 0 amide bonds. The van der Waals surface area contributed by atoms with Gasteiger partial charge >= 0.3 is 0 Å². The summed E-state index contributed by atoms with van der Waals surface area (Å²) in [6.07, 6.45) is 7.03. The fourth-order valence-electron chi connectivity index (χ4n) is 4.37. The van der Waals surface area contributed by atoms with Gasteiger partial charge in [0.1, 0.15) is 23.8 Å². The number of ether oxygens (including phenoxy) is 2. The summed E-state index contributed by atoms with van der Waals surface area (Å²) in [5.74, 6) is 1.87. The lowest BCUT2D eigenvalue weighted by Crippen LogP contribution is -2.44. The predicted octanol–water partition coefficient (Wildman–Crippen LogP) is 2.47. The zero-order chi connectivity index (χ0) is 19.1. The summed E-state index contributed by atoms with van der Waals surface area (Å²) >= 11 is 0. The highest BCUT2D eigenvalue weighted by Crippen LogP contribution is 2.35. The standard InChI is InChI=1S/C21H25N5O2/c1-24-11-16(9-23-24)12-25-8-7-21(14-25)15-26-19(10-22-20(26)13-28-21)17-3-5-18(27-2)6-4-17/h3-6,9-11H,7-8,12-15H2,1-2H3/t21-/m0/s1. The molecule has 2 aromatic heterocycles. The van der Waals surface area contributed by atoms with Gasteiger partial charge in [-0.15, -0.1) is 0 Å². The molecule has 0 saturated carbocycles. The van der Waals surface area contributed by atoms with E-state index in [1.807, 2.05) is 36.3 Å². The summed E-state index contributed by atoms with van der Waals surface area (Å²) in [4.78, 5) is 7.07. The van der Waals surface area contributed by atoms with Crippen molar-refractivity contribution in [3.05, 3.63) is 54.2 Å². The van der Waals surface area contributed by atoms with Crippen molar-refractivity contribution < 1.29 is 9.47 Å². The Labute approximate surface area is 164 Å². The van der Waals surface area contributed by atoms with Gasteiger partial charge in [0.2, 0.25) is 0 Å². The molecule has 7 heteroatoms. The van der Waals surface area contributed by atoms with Gasteiger partial charge in [0.25, 0.3) is 0 Å².